The zero-order valence-electron chi connectivity index (χ0n) is 10.7. The molecule has 0 aliphatic rings. The third-order valence-corrected chi connectivity index (χ3v) is 2.04. The lowest BCUT2D eigenvalue weighted by Gasteiger charge is -2.06. The van der Waals surface area contributed by atoms with Crippen LogP contribution in [-0.4, -0.2) is 61.7 Å². The summed E-state index contributed by atoms with van der Waals surface area (Å²) in [6, 6.07) is 0.0810. The van der Waals surface area contributed by atoms with Gasteiger partial charge < -0.3 is 24.7 Å². The predicted octanol–water partition coefficient (Wildman–Crippen LogP) is 0.166. The van der Waals surface area contributed by atoms with Crippen LogP contribution in [0.3, 0.4) is 0 Å². The van der Waals surface area contributed by atoms with E-state index in [1.165, 1.54) is 0 Å². The molecule has 0 spiro atoms. The van der Waals surface area contributed by atoms with Crippen LogP contribution in [0.2, 0.25) is 5.28 Å². The van der Waals surface area contributed by atoms with Crippen LogP contribution >= 0.6 is 11.6 Å². The molecule has 0 aliphatic heterocycles. The van der Waals surface area contributed by atoms with E-state index < -0.39 is 0 Å². The smallest absolute Gasteiger partial charge is 0.322 e. The Morgan fingerprint density at radius 3 is 2.21 bits per heavy atom. The van der Waals surface area contributed by atoms with E-state index in [9.17, 15) is 0 Å². The number of anilines is 1. The molecule has 108 valence electrons. The van der Waals surface area contributed by atoms with Gasteiger partial charge in [0, 0.05) is 7.11 Å². The standard InChI is InChI=1S/C10H17ClN4O4/c1-16-2-3-17-4-5-18-6-7-19-10-14-8(11)13-9(12)15-10/h2-7H2,1H3,(H2,12,13,14,15). The highest BCUT2D eigenvalue weighted by molar-refractivity contribution is 6.28. The van der Waals surface area contributed by atoms with Crippen LogP contribution in [0.15, 0.2) is 0 Å². The summed E-state index contributed by atoms with van der Waals surface area (Å²) in [4.78, 5) is 11.1. The van der Waals surface area contributed by atoms with Gasteiger partial charge in [0.1, 0.15) is 6.61 Å². The Bertz CT molecular complexity index is 349. The zero-order valence-corrected chi connectivity index (χ0v) is 11.4. The van der Waals surface area contributed by atoms with Gasteiger partial charge in [0.2, 0.25) is 11.2 Å². The van der Waals surface area contributed by atoms with E-state index in [0.29, 0.717) is 33.0 Å². The average Bonchev–Trinajstić information content (AvgIpc) is 2.36. The van der Waals surface area contributed by atoms with Crippen molar-refractivity contribution in [1.82, 2.24) is 15.0 Å². The van der Waals surface area contributed by atoms with Gasteiger partial charge in [0.25, 0.3) is 0 Å². The number of aromatic nitrogens is 3. The summed E-state index contributed by atoms with van der Waals surface area (Å²) in [6.07, 6.45) is 0. The summed E-state index contributed by atoms with van der Waals surface area (Å²) in [5.74, 6) is 0.0162. The number of nitrogens with zero attached hydrogens (tertiary/aromatic N) is 3. The summed E-state index contributed by atoms with van der Waals surface area (Å²) in [7, 11) is 1.62. The normalized spacial score (nSPS) is 10.6. The maximum Gasteiger partial charge on any atom is 0.322 e. The van der Waals surface area contributed by atoms with Gasteiger partial charge in [-0.25, -0.2) is 0 Å². The summed E-state index contributed by atoms with van der Waals surface area (Å²) in [5, 5.41) is -0.00467. The number of hydrogen-bond acceptors (Lipinski definition) is 8. The molecule has 0 amide bonds. The van der Waals surface area contributed by atoms with Gasteiger partial charge in [-0.1, -0.05) is 0 Å². The number of halogens is 1. The molecule has 1 aromatic heterocycles. The SMILES string of the molecule is COCCOCCOCCOc1nc(N)nc(Cl)n1. The van der Waals surface area contributed by atoms with Crippen LogP contribution in [0.5, 0.6) is 6.01 Å². The average molecular weight is 293 g/mol. The predicted molar refractivity (Wildman–Crippen MR) is 68.3 cm³/mol. The van der Waals surface area contributed by atoms with E-state index in [-0.39, 0.29) is 23.8 Å². The molecule has 0 saturated carbocycles. The minimum Gasteiger partial charge on any atom is -0.461 e. The van der Waals surface area contributed by atoms with Crippen LogP contribution in [-0.2, 0) is 14.2 Å². The highest BCUT2D eigenvalue weighted by Crippen LogP contribution is 2.08. The Labute approximate surface area is 116 Å². The number of nitrogen functional groups attached to an aromatic ring is 1. The minimum atomic E-state index is -0.00467. The van der Waals surface area contributed by atoms with E-state index >= 15 is 0 Å². The Hall–Kier alpha value is -1.22. The second-order valence-corrected chi connectivity index (χ2v) is 3.65. The molecule has 0 radical (unpaired) electrons. The maximum atomic E-state index is 5.59. The van der Waals surface area contributed by atoms with Gasteiger partial charge in [-0.2, -0.15) is 15.0 Å². The molecule has 2 N–H and O–H groups in total. The van der Waals surface area contributed by atoms with Crippen LogP contribution in [0.1, 0.15) is 0 Å². The third-order valence-electron chi connectivity index (χ3n) is 1.87. The first kappa shape index (κ1) is 15.8. The van der Waals surface area contributed by atoms with Gasteiger partial charge in [-0.3, -0.25) is 0 Å². The van der Waals surface area contributed by atoms with E-state index in [1.54, 1.807) is 7.11 Å². The lowest BCUT2D eigenvalue weighted by molar-refractivity contribution is 0.0173. The molecule has 1 rings (SSSR count). The molecule has 0 bridgehead atoms. The maximum absolute atomic E-state index is 5.59. The van der Waals surface area contributed by atoms with Gasteiger partial charge >= 0.3 is 6.01 Å². The van der Waals surface area contributed by atoms with Gasteiger partial charge in [-0.05, 0) is 11.6 Å². The molecule has 1 aromatic rings. The monoisotopic (exact) mass is 292 g/mol. The van der Waals surface area contributed by atoms with E-state index in [2.05, 4.69) is 15.0 Å². The van der Waals surface area contributed by atoms with Gasteiger partial charge in [-0.15, -0.1) is 0 Å². The van der Waals surface area contributed by atoms with Gasteiger partial charge in [0.05, 0.1) is 33.0 Å². The second kappa shape index (κ2) is 9.68. The fourth-order valence-electron chi connectivity index (χ4n) is 1.07. The van der Waals surface area contributed by atoms with Crippen molar-refractivity contribution in [3.05, 3.63) is 5.28 Å². The van der Waals surface area contributed by atoms with Crippen LogP contribution in [0, 0.1) is 0 Å². The first-order chi connectivity index (χ1) is 9.22. The second-order valence-electron chi connectivity index (χ2n) is 3.31. The van der Waals surface area contributed by atoms with Crippen LogP contribution < -0.4 is 10.5 Å². The Kier molecular flexibility index (Phi) is 8.07. The lowest BCUT2D eigenvalue weighted by Crippen LogP contribution is -2.13. The van der Waals surface area contributed by atoms with Crippen molar-refractivity contribution in [2.45, 2.75) is 0 Å². The lowest BCUT2D eigenvalue weighted by atomic mass is 10.7. The molecule has 0 aliphatic carbocycles. The summed E-state index contributed by atoms with van der Waals surface area (Å²) >= 11 is 5.59. The Morgan fingerprint density at radius 2 is 1.58 bits per heavy atom. The fraction of sp³-hybridized carbons (Fsp3) is 0.700. The van der Waals surface area contributed by atoms with E-state index in [0.717, 1.165) is 0 Å². The van der Waals surface area contributed by atoms with Crippen molar-refractivity contribution in [2.75, 3.05) is 52.5 Å². The molecule has 9 heteroatoms. The van der Waals surface area contributed by atoms with Crippen molar-refractivity contribution in [3.8, 4) is 6.01 Å². The molecule has 0 unspecified atom stereocenters. The fourth-order valence-corrected chi connectivity index (χ4v) is 1.23. The molecule has 0 atom stereocenters. The van der Waals surface area contributed by atoms with E-state index in [1.807, 2.05) is 0 Å². The molecule has 8 nitrogen and oxygen atoms in total. The highest BCUT2D eigenvalue weighted by Gasteiger charge is 2.02. The number of nitrogens with two attached hydrogens (primary N) is 1. The van der Waals surface area contributed by atoms with Crippen molar-refractivity contribution in [2.24, 2.45) is 0 Å². The molecule has 19 heavy (non-hydrogen) atoms. The zero-order chi connectivity index (χ0) is 13.9. The number of ether oxygens (including phenoxy) is 4. The quantitative estimate of drug-likeness (QED) is 0.609. The highest BCUT2D eigenvalue weighted by atomic mass is 35.5. The first-order valence-corrected chi connectivity index (χ1v) is 6.04. The van der Waals surface area contributed by atoms with Crippen molar-refractivity contribution in [3.63, 3.8) is 0 Å². The van der Waals surface area contributed by atoms with Crippen molar-refractivity contribution < 1.29 is 18.9 Å². The topological polar surface area (TPSA) is 102 Å². The summed E-state index contributed by atoms with van der Waals surface area (Å²) in [5.41, 5.74) is 5.38. The number of rotatable bonds is 10. The molecular formula is C10H17ClN4O4. The first-order valence-electron chi connectivity index (χ1n) is 5.66. The molecule has 0 saturated heterocycles. The van der Waals surface area contributed by atoms with Crippen molar-refractivity contribution in [1.29, 1.82) is 0 Å². The molecular weight excluding hydrogens is 276 g/mol. The molecule has 0 fully saturated rings. The number of methoxy groups -OCH3 is 1. The molecule has 0 aromatic carbocycles. The van der Waals surface area contributed by atoms with E-state index in [4.69, 9.17) is 36.3 Å². The van der Waals surface area contributed by atoms with Gasteiger partial charge in [0.15, 0.2) is 0 Å². The third kappa shape index (κ3) is 7.73. The summed E-state index contributed by atoms with van der Waals surface area (Å²) < 4.78 is 20.5. The Morgan fingerprint density at radius 1 is 0.947 bits per heavy atom. The largest absolute Gasteiger partial charge is 0.461 e. The molecule has 1 heterocycles. The minimum absolute atomic E-state index is 0.00467. The summed E-state index contributed by atoms with van der Waals surface area (Å²) in [6.45, 7) is 2.79. The van der Waals surface area contributed by atoms with Crippen LogP contribution in [0.4, 0.5) is 5.95 Å². The van der Waals surface area contributed by atoms with Crippen LogP contribution in [0.25, 0.3) is 0 Å². The van der Waals surface area contributed by atoms with Crippen molar-refractivity contribution >= 4 is 17.5 Å². The number of hydrogen-bond donors (Lipinski definition) is 1. The Balaban J connectivity index is 2.01.